The molecule has 0 spiro atoms. The standard InChI is InChI=1S/C16H22ClN3O2.HI/c1-3-6-19-16(18-4-2)20-11-12-9-13(17)15-14(10-12)21-7-5-8-22-15;/h3,9-10H,1,4-8,11H2,2H3,(H2,18,19,20);1H. The Kier molecular flexibility index (Phi) is 9.16. The summed E-state index contributed by atoms with van der Waals surface area (Å²) < 4.78 is 11.3. The van der Waals surface area contributed by atoms with E-state index in [0.717, 1.165) is 24.5 Å². The fraction of sp³-hybridized carbons (Fsp3) is 0.438. The Hall–Kier alpha value is -1.15. The summed E-state index contributed by atoms with van der Waals surface area (Å²) in [6, 6.07) is 3.81. The number of halogens is 2. The molecule has 0 aliphatic carbocycles. The maximum atomic E-state index is 6.28. The molecule has 2 rings (SSSR count). The minimum atomic E-state index is 0. The number of hydrogen-bond acceptors (Lipinski definition) is 3. The van der Waals surface area contributed by atoms with E-state index < -0.39 is 0 Å². The van der Waals surface area contributed by atoms with Crippen LogP contribution < -0.4 is 20.1 Å². The molecule has 1 heterocycles. The number of rotatable bonds is 5. The van der Waals surface area contributed by atoms with Crippen molar-refractivity contribution in [3.8, 4) is 11.5 Å². The Bertz CT molecular complexity index is 552. The molecule has 0 aromatic heterocycles. The molecule has 1 aliphatic heterocycles. The first-order valence-electron chi connectivity index (χ1n) is 7.45. The van der Waals surface area contributed by atoms with Crippen LogP contribution in [-0.4, -0.2) is 32.3 Å². The molecule has 0 atom stereocenters. The summed E-state index contributed by atoms with van der Waals surface area (Å²) in [6.07, 6.45) is 2.64. The van der Waals surface area contributed by atoms with Gasteiger partial charge in [-0.15, -0.1) is 30.6 Å². The fourth-order valence-corrected chi connectivity index (χ4v) is 2.34. The predicted octanol–water partition coefficient (Wildman–Crippen LogP) is 3.36. The molecular formula is C16H23ClIN3O2. The summed E-state index contributed by atoms with van der Waals surface area (Å²) in [5.41, 5.74) is 0.977. The van der Waals surface area contributed by atoms with Crippen molar-refractivity contribution in [2.75, 3.05) is 26.3 Å². The average molecular weight is 452 g/mol. The Morgan fingerprint density at radius 3 is 2.87 bits per heavy atom. The topological polar surface area (TPSA) is 54.9 Å². The smallest absolute Gasteiger partial charge is 0.191 e. The van der Waals surface area contributed by atoms with Crippen LogP contribution in [0, 0.1) is 0 Å². The van der Waals surface area contributed by atoms with Gasteiger partial charge >= 0.3 is 0 Å². The van der Waals surface area contributed by atoms with Crippen molar-refractivity contribution in [1.82, 2.24) is 10.6 Å². The van der Waals surface area contributed by atoms with Gasteiger partial charge in [-0.3, -0.25) is 0 Å². The molecule has 1 aromatic rings. The number of benzene rings is 1. The van der Waals surface area contributed by atoms with Gasteiger partial charge in [-0.1, -0.05) is 17.7 Å². The molecule has 128 valence electrons. The van der Waals surface area contributed by atoms with Gasteiger partial charge in [0, 0.05) is 19.5 Å². The zero-order valence-corrected chi connectivity index (χ0v) is 16.3. The molecule has 0 amide bonds. The molecule has 1 aromatic carbocycles. The van der Waals surface area contributed by atoms with Crippen LogP contribution >= 0.6 is 35.6 Å². The van der Waals surface area contributed by atoms with Gasteiger partial charge in [-0.05, 0) is 24.6 Å². The third-order valence-corrected chi connectivity index (χ3v) is 3.32. The van der Waals surface area contributed by atoms with E-state index in [1.165, 1.54) is 0 Å². The van der Waals surface area contributed by atoms with Crippen LogP contribution in [0.1, 0.15) is 18.9 Å². The van der Waals surface area contributed by atoms with Gasteiger partial charge in [0.25, 0.3) is 0 Å². The number of fused-ring (bicyclic) bond motifs is 1. The van der Waals surface area contributed by atoms with Gasteiger partial charge in [-0.2, -0.15) is 0 Å². The normalized spacial score (nSPS) is 13.6. The van der Waals surface area contributed by atoms with Crippen molar-refractivity contribution in [2.24, 2.45) is 4.99 Å². The maximum absolute atomic E-state index is 6.28. The van der Waals surface area contributed by atoms with Crippen molar-refractivity contribution in [3.63, 3.8) is 0 Å². The van der Waals surface area contributed by atoms with E-state index in [1.54, 1.807) is 6.08 Å². The van der Waals surface area contributed by atoms with Crippen molar-refractivity contribution >= 4 is 41.5 Å². The highest BCUT2D eigenvalue weighted by Gasteiger charge is 2.15. The Labute approximate surface area is 159 Å². The van der Waals surface area contributed by atoms with Crippen LogP contribution in [0.4, 0.5) is 0 Å². The SMILES string of the molecule is C=CCNC(=NCc1cc(Cl)c2c(c1)OCCCO2)NCC.I. The molecule has 7 heteroatoms. The first kappa shape index (κ1) is 19.9. The fourth-order valence-electron chi connectivity index (χ4n) is 2.06. The summed E-state index contributed by atoms with van der Waals surface area (Å²) in [7, 11) is 0. The van der Waals surface area contributed by atoms with Crippen molar-refractivity contribution in [2.45, 2.75) is 19.9 Å². The minimum absolute atomic E-state index is 0. The lowest BCUT2D eigenvalue weighted by Crippen LogP contribution is -2.37. The lowest BCUT2D eigenvalue weighted by Gasteiger charge is -2.12. The van der Waals surface area contributed by atoms with Gasteiger partial charge in [0.15, 0.2) is 17.5 Å². The van der Waals surface area contributed by atoms with E-state index in [1.807, 2.05) is 19.1 Å². The number of aliphatic imine (C=N–C) groups is 1. The maximum Gasteiger partial charge on any atom is 0.191 e. The second kappa shape index (κ2) is 10.6. The largest absolute Gasteiger partial charge is 0.489 e. The summed E-state index contributed by atoms with van der Waals surface area (Å²) in [5, 5.41) is 6.90. The van der Waals surface area contributed by atoms with Crippen molar-refractivity contribution in [1.29, 1.82) is 0 Å². The van der Waals surface area contributed by atoms with Gasteiger partial charge < -0.3 is 20.1 Å². The highest BCUT2D eigenvalue weighted by Crippen LogP contribution is 2.38. The summed E-state index contributed by atoms with van der Waals surface area (Å²) in [5.74, 6) is 2.06. The van der Waals surface area contributed by atoms with E-state index in [4.69, 9.17) is 21.1 Å². The second-order valence-corrected chi connectivity index (χ2v) is 5.23. The average Bonchev–Trinajstić information content (AvgIpc) is 2.76. The summed E-state index contributed by atoms with van der Waals surface area (Å²) >= 11 is 6.28. The molecule has 0 unspecified atom stereocenters. The monoisotopic (exact) mass is 451 g/mol. The van der Waals surface area contributed by atoms with Crippen molar-refractivity contribution in [3.05, 3.63) is 35.4 Å². The minimum Gasteiger partial charge on any atom is -0.489 e. The van der Waals surface area contributed by atoms with Gasteiger partial charge in [0.1, 0.15) is 0 Å². The van der Waals surface area contributed by atoms with E-state index in [0.29, 0.717) is 42.8 Å². The zero-order valence-electron chi connectivity index (χ0n) is 13.2. The Balaban J connectivity index is 0.00000264. The Morgan fingerprint density at radius 1 is 1.35 bits per heavy atom. The van der Waals surface area contributed by atoms with Crippen LogP contribution in [0.5, 0.6) is 11.5 Å². The molecule has 0 saturated heterocycles. The first-order valence-corrected chi connectivity index (χ1v) is 7.83. The van der Waals surface area contributed by atoms with Crippen molar-refractivity contribution < 1.29 is 9.47 Å². The molecule has 0 fully saturated rings. The summed E-state index contributed by atoms with van der Waals surface area (Å²) in [6.45, 7) is 8.93. The summed E-state index contributed by atoms with van der Waals surface area (Å²) in [4.78, 5) is 4.53. The second-order valence-electron chi connectivity index (χ2n) is 4.82. The van der Waals surface area contributed by atoms with E-state index in [2.05, 4.69) is 22.2 Å². The van der Waals surface area contributed by atoms with Gasteiger partial charge in [0.05, 0.1) is 24.8 Å². The Morgan fingerprint density at radius 2 is 2.13 bits per heavy atom. The quantitative estimate of drug-likeness (QED) is 0.312. The molecular weight excluding hydrogens is 429 g/mol. The predicted molar refractivity (Wildman–Crippen MR) is 105 cm³/mol. The third kappa shape index (κ3) is 6.10. The van der Waals surface area contributed by atoms with Gasteiger partial charge in [0.2, 0.25) is 0 Å². The highest BCUT2D eigenvalue weighted by molar-refractivity contribution is 14.0. The van der Waals surface area contributed by atoms with Crippen LogP contribution in [0.2, 0.25) is 5.02 Å². The lowest BCUT2D eigenvalue weighted by atomic mass is 10.2. The van der Waals surface area contributed by atoms with Crippen LogP contribution in [0.3, 0.4) is 0 Å². The lowest BCUT2D eigenvalue weighted by molar-refractivity contribution is 0.297. The number of guanidine groups is 1. The molecule has 0 bridgehead atoms. The number of nitrogens with zero attached hydrogens (tertiary/aromatic N) is 1. The van der Waals surface area contributed by atoms with Crippen LogP contribution in [0.15, 0.2) is 29.8 Å². The van der Waals surface area contributed by atoms with E-state index in [-0.39, 0.29) is 24.0 Å². The molecule has 0 saturated carbocycles. The molecule has 23 heavy (non-hydrogen) atoms. The van der Waals surface area contributed by atoms with Gasteiger partial charge in [-0.25, -0.2) is 4.99 Å². The van der Waals surface area contributed by atoms with E-state index in [9.17, 15) is 0 Å². The first-order chi connectivity index (χ1) is 10.7. The van der Waals surface area contributed by atoms with Crippen LogP contribution in [0.25, 0.3) is 0 Å². The molecule has 5 nitrogen and oxygen atoms in total. The van der Waals surface area contributed by atoms with Crippen LogP contribution in [-0.2, 0) is 6.54 Å². The molecule has 2 N–H and O–H groups in total. The highest BCUT2D eigenvalue weighted by atomic mass is 127. The third-order valence-electron chi connectivity index (χ3n) is 3.04. The molecule has 1 aliphatic rings. The number of hydrogen-bond donors (Lipinski definition) is 2. The number of ether oxygens (including phenoxy) is 2. The van der Waals surface area contributed by atoms with E-state index >= 15 is 0 Å². The molecule has 0 radical (unpaired) electrons. The number of nitrogens with one attached hydrogen (secondary N) is 2. The zero-order chi connectivity index (χ0) is 15.8.